The van der Waals surface area contributed by atoms with Crippen LogP contribution >= 0.6 is 0 Å². The highest BCUT2D eigenvalue weighted by Crippen LogP contribution is 2.52. The lowest BCUT2D eigenvalue weighted by Crippen LogP contribution is -2.15. The molecule has 13 rings (SSSR count). The summed E-state index contributed by atoms with van der Waals surface area (Å²) in [5.41, 5.74) is 20.0. The first-order chi connectivity index (χ1) is 33.0. The van der Waals surface area contributed by atoms with Gasteiger partial charge >= 0.3 is 0 Å². The van der Waals surface area contributed by atoms with Crippen molar-refractivity contribution in [3.05, 3.63) is 254 Å². The minimum absolute atomic E-state index is 0.167. The van der Waals surface area contributed by atoms with E-state index in [9.17, 15) is 0 Å². The van der Waals surface area contributed by atoms with Gasteiger partial charge in [0.05, 0.1) is 0 Å². The molecule has 0 saturated heterocycles. The van der Waals surface area contributed by atoms with Crippen molar-refractivity contribution in [3.8, 4) is 77.9 Å². The third kappa shape index (κ3) is 6.44. The predicted octanol–water partition coefficient (Wildman–Crippen LogP) is 18.6. The van der Waals surface area contributed by atoms with Gasteiger partial charge in [-0.15, -0.1) is 0 Å². The van der Waals surface area contributed by atoms with Crippen LogP contribution < -0.4 is 0 Å². The molecule has 0 nitrogen and oxygen atoms in total. The average Bonchev–Trinajstić information content (AvgIpc) is 3.62. The van der Waals surface area contributed by atoms with Gasteiger partial charge in [-0.25, -0.2) is 0 Å². The Morgan fingerprint density at radius 3 is 1.13 bits per heavy atom. The molecule has 0 N–H and O–H groups in total. The normalized spacial score (nSPS) is 12.7. The largest absolute Gasteiger partial charge is 0.0622 e. The third-order valence-corrected chi connectivity index (χ3v) is 14.6. The summed E-state index contributed by atoms with van der Waals surface area (Å²) in [4.78, 5) is 0. The molecular formula is C67H46. The maximum atomic E-state index is 2.47. The van der Waals surface area contributed by atoms with Gasteiger partial charge in [-0.3, -0.25) is 0 Å². The summed E-state index contributed by atoms with van der Waals surface area (Å²) in [6.07, 6.45) is 0. The van der Waals surface area contributed by atoms with Crippen LogP contribution in [0.4, 0.5) is 0 Å². The summed E-state index contributed by atoms with van der Waals surface area (Å²) in [5, 5.41) is 10.0. The molecule has 0 spiro atoms. The van der Waals surface area contributed by atoms with Crippen LogP contribution in [0.2, 0.25) is 0 Å². The Kier molecular flexibility index (Phi) is 8.98. The van der Waals surface area contributed by atoms with Crippen LogP contribution in [0.1, 0.15) is 25.0 Å². The summed E-state index contributed by atoms with van der Waals surface area (Å²) in [7, 11) is 0. The molecule has 0 saturated carbocycles. The van der Waals surface area contributed by atoms with Crippen molar-refractivity contribution in [2.45, 2.75) is 19.3 Å². The number of benzene rings is 12. The second-order valence-corrected chi connectivity index (χ2v) is 18.8. The lowest BCUT2D eigenvalue weighted by atomic mass is 9.80. The van der Waals surface area contributed by atoms with Crippen LogP contribution in [0.15, 0.2) is 243 Å². The van der Waals surface area contributed by atoms with Crippen LogP contribution in [0.3, 0.4) is 0 Å². The van der Waals surface area contributed by atoms with E-state index in [2.05, 4.69) is 257 Å². The van der Waals surface area contributed by atoms with Crippen molar-refractivity contribution >= 4 is 43.1 Å². The van der Waals surface area contributed by atoms with Crippen molar-refractivity contribution in [2.24, 2.45) is 0 Å². The molecule has 0 amide bonds. The standard InChI is InChI=1S/C67H46/c1-67(2)63-41-52(50-27-26-43-16-12-13-23-47(43)36-50)29-34-57(63)58-35-30-53(42-64(58)67)51-28-32-55-56-33-31-54(60-38-49-25-15-14-24-48(49)37-59(60)44-17-6-3-7-18-44)40-62(56)66(46-21-10-5-11-22-46)65(61(55)39-51)45-19-8-4-9-20-45/h3-42H,1-2H3. The molecule has 0 heterocycles. The van der Waals surface area contributed by atoms with E-state index < -0.39 is 0 Å². The molecule has 0 bridgehead atoms. The Bertz CT molecular complexity index is 3910. The first kappa shape index (κ1) is 39.1. The van der Waals surface area contributed by atoms with Gasteiger partial charge in [-0.1, -0.05) is 214 Å². The smallest absolute Gasteiger partial charge is 0.0159 e. The minimum Gasteiger partial charge on any atom is -0.0622 e. The highest BCUT2D eigenvalue weighted by atomic mass is 14.4. The molecular weight excluding hydrogens is 805 g/mol. The molecule has 0 aromatic heterocycles. The summed E-state index contributed by atoms with van der Waals surface area (Å²) in [6.45, 7) is 4.79. The minimum atomic E-state index is -0.167. The summed E-state index contributed by atoms with van der Waals surface area (Å²) in [6, 6.07) is 90.4. The van der Waals surface area contributed by atoms with Crippen LogP contribution in [0.25, 0.3) is 121 Å². The van der Waals surface area contributed by atoms with Crippen molar-refractivity contribution in [2.75, 3.05) is 0 Å². The Hall–Kier alpha value is -8.32. The van der Waals surface area contributed by atoms with E-state index in [-0.39, 0.29) is 5.41 Å². The second kappa shape index (κ2) is 15.4. The summed E-state index contributed by atoms with van der Waals surface area (Å²) < 4.78 is 0. The van der Waals surface area contributed by atoms with E-state index in [1.54, 1.807) is 0 Å². The van der Waals surface area contributed by atoms with E-state index in [1.165, 1.54) is 132 Å². The van der Waals surface area contributed by atoms with Gasteiger partial charge in [-0.2, -0.15) is 0 Å². The average molecular weight is 851 g/mol. The van der Waals surface area contributed by atoms with Crippen molar-refractivity contribution in [1.82, 2.24) is 0 Å². The highest BCUT2D eigenvalue weighted by Gasteiger charge is 2.36. The topological polar surface area (TPSA) is 0 Å². The number of hydrogen-bond acceptors (Lipinski definition) is 0. The van der Waals surface area contributed by atoms with Gasteiger partial charge in [0.25, 0.3) is 0 Å². The van der Waals surface area contributed by atoms with E-state index in [0.717, 1.165) is 0 Å². The molecule has 0 unspecified atom stereocenters. The Balaban J connectivity index is 0.995. The van der Waals surface area contributed by atoms with Crippen molar-refractivity contribution in [1.29, 1.82) is 0 Å². The van der Waals surface area contributed by atoms with Crippen LogP contribution in [-0.2, 0) is 5.41 Å². The maximum absolute atomic E-state index is 2.47. The number of rotatable bonds is 6. The van der Waals surface area contributed by atoms with Crippen LogP contribution in [-0.4, -0.2) is 0 Å². The molecule has 1 aliphatic carbocycles. The molecule has 0 fully saturated rings. The third-order valence-electron chi connectivity index (χ3n) is 14.6. The molecule has 0 aliphatic heterocycles. The van der Waals surface area contributed by atoms with Gasteiger partial charge < -0.3 is 0 Å². The van der Waals surface area contributed by atoms with Gasteiger partial charge in [0.15, 0.2) is 0 Å². The lowest BCUT2D eigenvalue weighted by Gasteiger charge is -2.23. The Morgan fingerprint density at radius 2 is 0.597 bits per heavy atom. The first-order valence-corrected chi connectivity index (χ1v) is 23.5. The number of fused-ring (bicyclic) bond motifs is 8. The first-order valence-electron chi connectivity index (χ1n) is 23.5. The fraction of sp³-hybridized carbons (Fsp3) is 0.0448. The van der Waals surface area contributed by atoms with Crippen LogP contribution in [0, 0.1) is 0 Å². The zero-order valence-electron chi connectivity index (χ0n) is 37.6. The molecule has 0 radical (unpaired) electrons. The Morgan fingerprint density at radius 1 is 0.224 bits per heavy atom. The zero-order chi connectivity index (χ0) is 44.6. The Labute approximate surface area is 392 Å². The second-order valence-electron chi connectivity index (χ2n) is 18.8. The van der Waals surface area contributed by atoms with Gasteiger partial charge in [0.1, 0.15) is 0 Å². The van der Waals surface area contributed by atoms with E-state index in [4.69, 9.17) is 0 Å². The highest BCUT2D eigenvalue weighted by molar-refractivity contribution is 6.23. The predicted molar refractivity (Wildman–Crippen MR) is 287 cm³/mol. The molecule has 12 aromatic carbocycles. The van der Waals surface area contributed by atoms with Crippen LogP contribution in [0.5, 0.6) is 0 Å². The monoisotopic (exact) mass is 850 g/mol. The maximum Gasteiger partial charge on any atom is 0.0159 e. The van der Waals surface area contributed by atoms with Crippen molar-refractivity contribution < 1.29 is 0 Å². The molecule has 0 heteroatoms. The van der Waals surface area contributed by atoms with Gasteiger partial charge in [0.2, 0.25) is 0 Å². The lowest BCUT2D eigenvalue weighted by molar-refractivity contribution is 0.661. The number of hydrogen-bond donors (Lipinski definition) is 0. The van der Waals surface area contributed by atoms with Gasteiger partial charge in [-0.05, 0) is 175 Å². The summed E-state index contributed by atoms with van der Waals surface area (Å²) >= 11 is 0. The van der Waals surface area contributed by atoms with E-state index >= 15 is 0 Å². The fourth-order valence-electron chi connectivity index (χ4n) is 11.2. The van der Waals surface area contributed by atoms with E-state index in [0.29, 0.717) is 0 Å². The zero-order valence-corrected chi connectivity index (χ0v) is 37.6. The molecule has 1 aliphatic rings. The van der Waals surface area contributed by atoms with Gasteiger partial charge in [0, 0.05) is 5.41 Å². The molecule has 67 heavy (non-hydrogen) atoms. The summed E-state index contributed by atoms with van der Waals surface area (Å²) in [5.74, 6) is 0. The molecule has 314 valence electrons. The quantitative estimate of drug-likeness (QED) is 0.146. The van der Waals surface area contributed by atoms with Crippen molar-refractivity contribution in [3.63, 3.8) is 0 Å². The fourth-order valence-corrected chi connectivity index (χ4v) is 11.2. The van der Waals surface area contributed by atoms with E-state index in [1.807, 2.05) is 0 Å². The SMILES string of the molecule is CC1(C)c2cc(-c3ccc4ccccc4c3)ccc2-c2ccc(-c3ccc4c(c3)c(-c3ccccc3)c(-c3ccccc3)c3cc(-c5cc6ccccc6cc5-c5ccccc5)ccc34)cc21. The molecule has 12 aromatic rings. The molecule has 0 atom stereocenters.